The maximum Gasteiger partial charge on any atom is 0.413 e. The third-order valence-electron chi connectivity index (χ3n) is 1.59. The van der Waals surface area contributed by atoms with Crippen molar-refractivity contribution in [2.45, 2.75) is 12.4 Å². The van der Waals surface area contributed by atoms with E-state index >= 15 is 0 Å². The minimum absolute atomic E-state index is 0.443. The molecule has 0 N–H and O–H groups in total. The van der Waals surface area contributed by atoms with Crippen LogP contribution in [0.4, 0.5) is 26.3 Å². The minimum Gasteiger partial charge on any atom is -0.170 e. The molecule has 0 fully saturated rings. The van der Waals surface area contributed by atoms with Crippen molar-refractivity contribution in [3.8, 4) is 0 Å². The summed E-state index contributed by atoms with van der Waals surface area (Å²) in [6.45, 7) is 0. The van der Waals surface area contributed by atoms with Crippen molar-refractivity contribution in [1.29, 1.82) is 0 Å². The third kappa shape index (κ3) is 2.05. The van der Waals surface area contributed by atoms with E-state index < -0.39 is 23.8 Å². The Morgan fingerprint density at radius 3 is 1.85 bits per heavy atom. The van der Waals surface area contributed by atoms with Crippen molar-refractivity contribution >= 4 is 0 Å². The van der Waals surface area contributed by atoms with Crippen molar-refractivity contribution in [3.05, 3.63) is 23.8 Å². The smallest absolute Gasteiger partial charge is 0.170 e. The van der Waals surface area contributed by atoms with Gasteiger partial charge in [-0.15, -0.1) is 0 Å². The number of rotatable bonds is 0. The van der Waals surface area contributed by atoms with E-state index in [0.717, 1.165) is 6.08 Å². The number of halogens is 6. The summed E-state index contributed by atoms with van der Waals surface area (Å²) in [5, 5.41) is 0. The molecule has 1 atom stereocenters. The number of hydrogen-bond donors (Lipinski definition) is 0. The molecule has 0 aliphatic heterocycles. The lowest BCUT2D eigenvalue weighted by atomic mass is 10.0. The molecule has 0 aromatic rings. The Bertz CT molecular complexity index is 253. The van der Waals surface area contributed by atoms with Crippen molar-refractivity contribution in [2.24, 2.45) is 5.92 Å². The molecule has 0 nitrogen and oxygen atoms in total. The molecule has 0 heterocycles. The van der Waals surface area contributed by atoms with E-state index in [0.29, 0.717) is 12.2 Å². The van der Waals surface area contributed by atoms with Gasteiger partial charge in [-0.2, -0.15) is 26.3 Å². The van der Waals surface area contributed by atoms with Crippen molar-refractivity contribution in [3.63, 3.8) is 0 Å². The monoisotopic (exact) mass is 202 g/mol. The van der Waals surface area contributed by atoms with Crippen LogP contribution in [-0.2, 0) is 0 Å². The fourth-order valence-corrected chi connectivity index (χ4v) is 1.03. The highest BCUT2D eigenvalue weighted by molar-refractivity contribution is 5.32. The normalized spacial score (nSPS) is 23.5. The first-order valence-electron chi connectivity index (χ1n) is 3.25. The SMILES string of the molecule is FC(F)(F)C1=CC=CC1C(F)(F)F. The molecule has 1 unspecified atom stereocenters. The largest absolute Gasteiger partial charge is 0.413 e. The van der Waals surface area contributed by atoms with E-state index in [2.05, 4.69) is 0 Å². The average molecular weight is 202 g/mol. The van der Waals surface area contributed by atoms with Gasteiger partial charge >= 0.3 is 12.4 Å². The van der Waals surface area contributed by atoms with Gasteiger partial charge in [-0.25, -0.2) is 0 Å². The number of allylic oxidation sites excluding steroid dienone is 4. The number of hydrogen-bond acceptors (Lipinski definition) is 0. The first-order valence-corrected chi connectivity index (χ1v) is 3.25. The van der Waals surface area contributed by atoms with Crippen LogP contribution >= 0.6 is 0 Å². The molecule has 0 bridgehead atoms. The van der Waals surface area contributed by atoms with Gasteiger partial charge in [-0.3, -0.25) is 0 Å². The van der Waals surface area contributed by atoms with Crippen LogP contribution < -0.4 is 0 Å². The molecule has 0 spiro atoms. The molecule has 1 aliphatic carbocycles. The van der Waals surface area contributed by atoms with Crippen LogP contribution in [0.2, 0.25) is 0 Å². The van der Waals surface area contributed by atoms with E-state index in [-0.39, 0.29) is 0 Å². The Morgan fingerprint density at radius 2 is 1.54 bits per heavy atom. The van der Waals surface area contributed by atoms with Gasteiger partial charge in [0.1, 0.15) is 5.92 Å². The third-order valence-corrected chi connectivity index (χ3v) is 1.59. The molecule has 0 radical (unpaired) electrons. The van der Waals surface area contributed by atoms with Crippen molar-refractivity contribution in [2.75, 3.05) is 0 Å². The summed E-state index contributed by atoms with van der Waals surface area (Å²) >= 11 is 0. The van der Waals surface area contributed by atoms with Crippen molar-refractivity contribution in [1.82, 2.24) is 0 Å². The molecule has 1 aliphatic rings. The first kappa shape index (κ1) is 10.1. The zero-order valence-corrected chi connectivity index (χ0v) is 6.08. The predicted molar refractivity (Wildman–Crippen MR) is 32.8 cm³/mol. The molecule has 0 saturated carbocycles. The van der Waals surface area contributed by atoms with Crippen LogP contribution in [0.25, 0.3) is 0 Å². The summed E-state index contributed by atoms with van der Waals surface area (Å²) in [7, 11) is 0. The molecular formula is C7H4F6. The quantitative estimate of drug-likeness (QED) is 0.529. The van der Waals surface area contributed by atoms with Gasteiger partial charge in [0.25, 0.3) is 0 Å². The fourth-order valence-electron chi connectivity index (χ4n) is 1.03. The Balaban J connectivity index is 2.92. The molecule has 13 heavy (non-hydrogen) atoms. The molecule has 6 heteroatoms. The highest BCUT2D eigenvalue weighted by atomic mass is 19.4. The van der Waals surface area contributed by atoms with Gasteiger partial charge in [-0.05, 0) is 0 Å². The van der Waals surface area contributed by atoms with E-state index in [1.54, 1.807) is 0 Å². The maximum absolute atomic E-state index is 11.9. The zero-order valence-electron chi connectivity index (χ0n) is 6.08. The average Bonchev–Trinajstić information content (AvgIpc) is 2.27. The Labute approximate surface area is 69.5 Å². The number of alkyl halides is 6. The zero-order chi connectivity index (χ0) is 10.3. The molecular weight excluding hydrogens is 198 g/mol. The Hall–Kier alpha value is -0.940. The second-order valence-electron chi connectivity index (χ2n) is 2.52. The van der Waals surface area contributed by atoms with E-state index in [4.69, 9.17) is 0 Å². The molecule has 0 aromatic carbocycles. The van der Waals surface area contributed by atoms with E-state index in [1.807, 2.05) is 0 Å². The molecule has 0 saturated heterocycles. The summed E-state index contributed by atoms with van der Waals surface area (Å²) < 4.78 is 71.6. The van der Waals surface area contributed by atoms with Crippen LogP contribution in [-0.4, -0.2) is 12.4 Å². The second-order valence-corrected chi connectivity index (χ2v) is 2.52. The molecule has 0 aromatic heterocycles. The highest BCUT2D eigenvalue weighted by Crippen LogP contribution is 2.43. The van der Waals surface area contributed by atoms with Gasteiger partial charge < -0.3 is 0 Å². The summed E-state index contributed by atoms with van der Waals surface area (Å²) in [6, 6.07) is 0. The molecule has 74 valence electrons. The molecule has 1 rings (SSSR count). The Morgan fingerprint density at radius 1 is 1.00 bits per heavy atom. The lowest BCUT2D eigenvalue weighted by Crippen LogP contribution is -2.28. The van der Waals surface area contributed by atoms with E-state index in [9.17, 15) is 26.3 Å². The van der Waals surface area contributed by atoms with Crippen LogP contribution in [0.15, 0.2) is 23.8 Å². The van der Waals surface area contributed by atoms with Gasteiger partial charge in [0.2, 0.25) is 0 Å². The molecule has 0 amide bonds. The second kappa shape index (κ2) is 2.78. The van der Waals surface area contributed by atoms with Crippen LogP contribution in [0.5, 0.6) is 0 Å². The predicted octanol–water partition coefficient (Wildman–Crippen LogP) is 3.22. The lowest BCUT2D eigenvalue weighted by molar-refractivity contribution is -0.173. The first-order chi connectivity index (χ1) is 5.73. The lowest BCUT2D eigenvalue weighted by Gasteiger charge is -2.19. The van der Waals surface area contributed by atoms with Crippen LogP contribution in [0.3, 0.4) is 0 Å². The summed E-state index contributed by atoms with van der Waals surface area (Å²) in [5.41, 5.74) is -1.56. The van der Waals surface area contributed by atoms with E-state index in [1.165, 1.54) is 0 Å². The van der Waals surface area contributed by atoms with Gasteiger partial charge in [0.05, 0.1) is 0 Å². The highest BCUT2D eigenvalue weighted by Gasteiger charge is 2.50. The fraction of sp³-hybridized carbons (Fsp3) is 0.429. The standard InChI is InChI=1S/C7H4F6/c8-6(9,10)4-2-1-3-5(4)7(11,12)13/h1-4H. The summed E-state index contributed by atoms with van der Waals surface area (Å²) in [4.78, 5) is 0. The van der Waals surface area contributed by atoms with Gasteiger partial charge in [0.15, 0.2) is 0 Å². The minimum atomic E-state index is -4.91. The van der Waals surface area contributed by atoms with Crippen molar-refractivity contribution < 1.29 is 26.3 Å². The summed E-state index contributed by atoms with van der Waals surface area (Å²) in [6.07, 6.45) is -8.08. The Kier molecular flexibility index (Phi) is 2.17. The van der Waals surface area contributed by atoms with Crippen LogP contribution in [0.1, 0.15) is 0 Å². The van der Waals surface area contributed by atoms with Gasteiger partial charge in [0, 0.05) is 5.57 Å². The van der Waals surface area contributed by atoms with Crippen LogP contribution in [0, 0.1) is 5.92 Å². The maximum atomic E-state index is 11.9. The summed E-state index contributed by atoms with van der Waals surface area (Å²) in [5.74, 6) is -2.51. The van der Waals surface area contributed by atoms with Gasteiger partial charge in [-0.1, -0.05) is 18.2 Å². The topological polar surface area (TPSA) is 0 Å².